The Labute approximate surface area is 101 Å². The molecule has 3 nitrogen and oxygen atoms in total. The molecule has 86 valence electrons. The molecule has 0 saturated heterocycles. The van der Waals surface area contributed by atoms with Gasteiger partial charge in [-0.1, -0.05) is 24.3 Å². The Morgan fingerprint density at radius 3 is 2.76 bits per heavy atom. The molecule has 0 radical (unpaired) electrons. The van der Waals surface area contributed by atoms with Crippen LogP contribution >= 0.6 is 0 Å². The number of rotatable bonds is 3. The molecule has 0 aliphatic rings. The van der Waals surface area contributed by atoms with Crippen LogP contribution in [-0.4, -0.2) is 10.9 Å². The van der Waals surface area contributed by atoms with E-state index in [2.05, 4.69) is 10.3 Å². The molecule has 0 unspecified atom stereocenters. The number of nitrogens with zero attached hydrogens (tertiary/aromatic N) is 1. The second kappa shape index (κ2) is 5.25. The van der Waals surface area contributed by atoms with Crippen LogP contribution in [0.4, 0.5) is 5.69 Å². The van der Waals surface area contributed by atoms with Gasteiger partial charge in [-0.05, 0) is 30.2 Å². The smallest absolute Gasteiger partial charge is 0.228 e. The Bertz CT molecular complexity index is 509. The van der Waals surface area contributed by atoms with Crippen LogP contribution in [0.1, 0.15) is 11.1 Å². The quantitative estimate of drug-likeness (QED) is 0.874. The van der Waals surface area contributed by atoms with Crippen LogP contribution in [-0.2, 0) is 11.2 Å². The predicted octanol–water partition coefficient (Wildman–Crippen LogP) is 2.57. The van der Waals surface area contributed by atoms with Crippen molar-refractivity contribution in [3.63, 3.8) is 0 Å². The zero-order valence-electron chi connectivity index (χ0n) is 9.68. The second-order valence-corrected chi connectivity index (χ2v) is 3.89. The molecule has 1 heterocycles. The summed E-state index contributed by atoms with van der Waals surface area (Å²) in [6.07, 6.45) is 3.70. The van der Waals surface area contributed by atoms with Gasteiger partial charge in [-0.2, -0.15) is 0 Å². The Hall–Kier alpha value is -2.16. The lowest BCUT2D eigenvalue weighted by Crippen LogP contribution is -2.15. The fourth-order valence-electron chi connectivity index (χ4n) is 1.62. The average molecular weight is 226 g/mol. The van der Waals surface area contributed by atoms with E-state index < -0.39 is 0 Å². The molecular weight excluding hydrogens is 212 g/mol. The first-order chi connectivity index (χ1) is 8.25. The number of carbonyl (C=O) groups excluding carboxylic acids is 1. The summed E-state index contributed by atoms with van der Waals surface area (Å²) in [6.45, 7) is 2.01. The number of nitrogens with one attached hydrogen (secondary N) is 1. The van der Waals surface area contributed by atoms with E-state index in [9.17, 15) is 4.79 Å². The first kappa shape index (κ1) is 11.3. The van der Waals surface area contributed by atoms with E-state index in [1.165, 1.54) is 0 Å². The summed E-state index contributed by atoms with van der Waals surface area (Å²) in [5, 5.41) is 2.82. The molecule has 1 amide bonds. The van der Waals surface area contributed by atoms with E-state index in [4.69, 9.17) is 0 Å². The molecule has 2 rings (SSSR count). The highest BCUT2D eigenvalue weighted by Crippen LogP contribution is 2.09. The van der Waals surface area contributed by atoms with Crippen molar-refractivity contribution in [3.05, 3.63) is 59.9 Å². The third-order valence-electron chi connectivity index (χ3n) is 2.56. The third-order valence-corrected chi connectivity index (χ3v) is 2.56. The average Bonchev–Trinajstić information content (AvgIpc) is 2.33. The minimum absolute atomic E-state index is 0.0210. The van der Waals surface area contributed by atoms with Crippen LogP contribution in [0.25, 0.3) is 0 Å². The first-order valence-corrected chi connectivity index (χ1v) is 5.50. The molecule has 0 fully saturated rings. The zero-order chi connectivity index (χ0) is 12.1. The van der Waals surface area contributed by atoms with Crippen LogP contribution in [0.2, 0.25) is 0 Å². The predicted molar refractivity (Wildman–Crippen MR) is 67.7 cm³/mol. The van der Waals surface area contributed by atoms with Gasteiger partial charge in [0.1, 0.15) is 0 Å². The number of aromatic nitrogens is 1. The molecule has 0 aliphatic heterocycles. The molecule has 1 N–H and O–H groups in total. The molecule has 17 heavy (non-hydrogen) atoms. The van der Waals surface area contributed by atoms with Gasteiger partial charge in [0, 0.05) is 6.20 Å². The maximum absolute atomic E-state index is 11.8. The number of aryl methyl sites for hydroxylation is 1. The van der Waals surface area contributed by atoms with Crippen molar-refractivity contribution >= 4 is 11.6 Å². The van der Waals surface area contributed by atoms with Gasteiger partial charge in [-0.3, -0.25) is 9.78 Å². The fourth-order valence-corrected chi connectivity index (χ4v) is 1.62. The van der Waals surface area contributed by atoms with E-state index >= 15 is 0 Å². The number of benzene rings is 1. The van der Waals surface area contributed by atoms with Crippen molar-refractivity contribution in [2.45, 2.75) is 13.3 Å². The van der Waals surface area contributed by atoms with E-state index in [-0.39, 0.29) is 5.91 Å². The van der Waals surface area contributed by atoms with E-state index in [0.717, 1.165) is 16.8 Å². The van der Waals surface area contributed by atoms with Gasteiger partial charge in [-0.15, -0.1) is 0 Å². The lowest BCUT2D eigenvalue weighted by molar-refractivity contribution is -0.115. The summed E-state index contributed by atoms with van der Waals surface area (Å²) in [4.78, 5) is 15.7. The summed E-state index contributed by atoms with van der Waals surface area (Å²) in [5.74, 6) is -0.0210. The SMILES string of the molecule is Cc1ccccc1CC(=O)Nc1cccnc1. The highest BCUT2D eigenvalue weighted by Gasteiger charge is 2.05. The van der Waals surface area contributed by atoms with Gasteiger partial charge in [0.15, 0.2) is 0 Å². The van der Waals surface area contributed by atoms with Crippen LogP contribution in [0.15, 0.2) is 48.8 Å². The number of pyridine rings is 1. The van der Waals surface area contributed by atoms with Crippen LogP contribution in [0.3, 0.4) is 0 Å². The Balaban J connectivity index is 2.01. The van der Waals surface area contributed by atoms with Gasteiger partial charge in [0.25, 0.3) is 0 Å². The Kier molecular flexibility index (Phi) is 3.50. The molecule has 0 saturated carbocycles. The molecule has 1 aromatic carbocycles. The van der Waals surface area contributed by atoms with E-state index in [0.29, 0.717) is 6.42 Å². The summed E-state index contributed by atoms with van der Waals surface area (Å²) in [5.41, 5.74) is 2.91. The normalized spacial score (nSPS) is 9.94. The van der Waals surface area contributed by atoms with Crippen molar-refractivity contribution in [2.75, 3.05) is 5.32 Å². The highest BCUT2D eigenvalue weighted by molar-refractivity contribution is 5.92. The van der Waals surface area contributed by atoms with Gasteiger partial charge >= 0.3 is 0 Å². The highest BCUT2D eigenvalue weighted by atomic mass is 16.1. The molecule has 0 aliphatic carbocycles. The van der Waals surface area contributed by atoms with Crippen LogP contribution < -0.4 is 5.32 Å². The number of amides is 1. The molecular formula is C14H14N2O. The van der Waals surface area contributed by atoms with Gasteiger partial charge in [-0.25, -0.2) is 0 Å². The van der Waals surface area contributed by atoms with Crippen LogP contribution in [0, 0.1) is 6.92 Å². The summed E-state index contributed by atoms with van der Waals surface area (Å²) in [7, 11) is 0. The monoisotopic (exact) mass is 226 g/mol. The fraction of sp³-hybridized carbons (Fsp3) is 0.143. The maximum Gasteiger partial charge on any atom is 0.228 e. The van der Waals surface area contributed by atoms with Crippen molar-refractivity contribution in [2.24, 2.45) is 0 Å². The molecule has 2 aromatic rings. The molecule has 1 aromatic heterocycles. The maximum atomic E-state index is 11.8. The van der Waals surface area contributed by atoms with Crippen molar-refractivity contribution < 1.29 is 4.79 Å². The van der Waals surface area contributed by atoms with Crippen LogP contribution in [0.5, 0.6) is 0 Å². The largest absolute Gasteiger partial charge is 0.324 e. The lowest BCUT2D eigenvalue weighted by atomic mass is 10.1. The zero-order valence-corrected chi connectivity index (χ0v) is 9.68. The number of hydrogen-bond acceptors (Lipinski definition) is 2. The third kappa shape index (κ3) is 3.14. The minimum atomic E-state index is -0.0210. The number of anilines is 1. The van der Waals surface area contributed by atoms with E-state index in [1.807, 2.05) is 37.3 Å². The van der Waals surface area contributed by atoms with Crippen molar-refractivity contribution in [1.82, 2.24) is 4.98 Å². The molecule has 0 spiro atoms. The minimum Gasteiger partial charge on any atom is -0.324 e. The van der Waals surface area contributed by atoms with Gasteiger partial charge in [0.05, 0.1) is 18.3 Å². The molecule has 3 heteroatoms. The Morgan fingerprint density at radius 2 is 2.06 bits per heavy atom. The lowest BCUT2D eigenvalue weighted by Gasteiger charge is -2.06. The van der Waals surface area contributed by atoms with Gasteiger partial charge in [0.2, 0.25) is 5.91 Å². The summed E-state index contributed by atoms with van der Waals surface area (Å²) < 4.78 is 0. The first-order valence-electron chi connectivity index (χ1n) is 5.50. The summed E-state index contributed by atoms with van der Waals surface area (Å²) in [6, 6.07) is 11.5. The van der Waals surface area contributed by atoms with Crippen molar-refractivity contribution in [3.8, 4) is 0 Å². The van der Waals surface area contributed by atoms with Gasteiger partial charge < -0.3 is 5.32 Å². The molecule has 0 bridgehead atoms. The topological polar surface area (TPSA) is 42.0 Å². The van der Waals surface area contributed by atoms with Crippen molar-refractivity contribution in [1.29, 1.82) is 0 Å². The second-order valence-electron chi connectivity index (χ2n) is 3.89. The standard InChI is InChI=1S/C14H14N2O/c1-11-5-2-3-6-12(11)9-14(17)16-13-7-4-8-15-10-13/h2-8,10H,9H2,1H3,(H,16,17). The van der Waals surface area contributed by atoms with E-state index in [1.54, 1.807) is 18.5 Å². The molecule has 0 atom stereocenters. The summed E-state index contributed by atoms with van der Waals surface area (Å²) >= 11 is 0. The number of hydrogen-bond donors (Lipinski definition) is 1. The Morgan fingerprint density at radius 1 is 1.24 bits per heavy atom. The number of carbonyl (C=O) groups is 1.